The maximum Gasteiger partial charge on any atom is 0.141 e. The van der Waals surface area contributed by atoms with Gasteiger partial charge in [0.25, 0.3) is 0 Å². The first kappa shape index (κ1) is 14.5. The minimum atomic E-state index is 0.359. The lowest BCUT2D eigenvalue weighted by atomic mass is 10.2. The number of rotatable bonds is 6. The molecule has 0 atom stereocenters. The zero-order valence-electron chi connectivity index (χ0n) is 12.3. The van der Waals surface area contributed by atoms with Gasteiger partial charge in [0.15, 0.2) is 0 Å². The van der Waals surface area contributed by atoms with Gasteiger partial charge in [-0.1, -0.05) is 0 Å². The molecule has 0 saturated carbocycles. The standard InChI is InChI=1S/C15H22N4O/c1-11(2)19-9-7-13(18-19)10-20-15-5-4-12(3)17-14(15)6-8-16/h4-5,7,9,11H,6,8,10,16H2,1-3H3. The highest BCUT2D eigenvalue weighted by Gasteiger charge is 2.07. The number of nitrogens with zero attached hydrogens (tertiary/aromatic N) is 3. The van der Waals surface area contributed by atoms with E-state index in [1.165, 1.54) is 0 Å². The Balaban J connectivity index is 2.06. The summed E-state index contributed by atoms with van der Waals surface area (Å²) in [6.45, 7) is 7.17. The molecule has 2 N–H and O–H groups in total. The molecule has 0 amide bonds. The smallest absolute Gasteiger partial charge is 0.141 e. The monoisotopic (exact) mass is 274 g/mol. The summed E-state index contributed by atoms with van der Waals surface area (Å²) in [5.41, 5.74) is 8.42. The zero-order chi connectivity index (χ0) is 14.5. The first-order chi connectivity index (χ1) is 9.60. The van der Waals surface area contributed by atoms with Gasteiger partial charge in [-0.15, -0.1) is 0 Å². The van der Waals surface area contributed by atoms with Crippen LogP contribution in [0.2, 0.25) is 0 Å². The molecule has 20 heavy (non-hydrogen) atoms. The molecule has 5 heteroatoms. The quantitative estimate of drug-likeness (QED) is 0.877. The Morgan fingerprint density at radius 3 is 2.75 bits per heavy atom. The van der Waals surface area contributed by atoms with Crippen molar-refractivity contribution in [3.05, 3.63) is 41.5 Å². The molecule has 0 saturated heterocycles. The van der Waals surface area contributed by atoms with Gasteiger partial charge in [-0.05, 0) is 45.5 Å². The molecule has 0 aromatic carbocycles. The Morgan fingerprint density at radius 1 is 1.30 bits per heavy atom. The van der Waals surface area contributed by atoms with Crippen LogP contribution in [0.15, 0.2) is 24.4 Å². The first-order valence-electron chi connectivity index (χ1n) is 6.93. The lowest BCUT2D eigenvalue weighted by Gasteiger charge is -2.10. The largest absolute Gasteiger partial charge is 0.485 e. The second-order valence-corrected chi connectivity index (χ2v) is 5.11. The van der Waals surface area contributed by atoms with Crippen LogP contribution in [-0.2, 0) is 13.0 Å². The normalized spacial score (nSPS) is 11.1. The molecule has 0 spiro atoms. The highest BCUT2D eigenvalue weighted by atomic mass is 16.5. The molecule has 0 aliphatic rings. The van der Waals surface area contributed by atoms with Crippen LogP contribution in [-0.4, -0.2) is 21.3 Å². The van der Waals surface area contributed by atoms with Gasteiger partial charge in [0.05, 0.1) is 11.4 Å². The molecule has 2 rings (SSSR count). The Kier molecular flexibility index (Phi) is 4.74. The molecule has 0 bridgehead atoms. The van der Waals surface area contributed by atoms with Gasteiger partial charge >= 0.3 is 0 Å². The summed E-state index contributed by atoms with van der Waals surface area (Å²) in [5, 5.41) is 4.46. The molecular weight excluding hydrogens is 252 g/mol. The maximum absolute atomic E-state index is 5.83. The molecular formula is C15H22N4O. The molecule has 2 aromatic heterocycles. The van der Waals surface area contributed by atoms with Gasteiger partial charge in [0.2, 0.25) is 0 Å². The minimum Gasteiger partial charge on any atom is -0.485 e. The van der Waals surface area contributed by atoms with Crippen LogP contribution in [0.4, 0.5) is 0 Å². The van der Waals surface area contributed by atoms with Gasteiger partial charge in [0.1, 0.15) is 12.4 Å². The SMILES string of the molecule is Cc1ccc(OCc2ccn(C(C)C)n2)c(CCN)n1. The average Bonchev–Trinajstić information content (AvgIpc) is 2.87. The van der Waals surface area contributed by atoms with Crippen LogP contribution < -0.4 is 10.5 Å². The molecule has 2 aromatic rings. The van der Waals surface area contributed by atoms with Crippen molar-refractivity contribution in [2.75, 3.05) is 6.54 Å². The Hall–Kier alpha value is -1.88. The van der Waals surface area contributed by atoms with E-state index in [4.69, 9.17) is 10.5 Å². The van der Waals surface area contributed by atoms with E-state index in [0.717, 1.165) is 29.3 Å². The number of pyridine rings is 1. The fraction of sp³-hybridized carbons (Fsp3) is 0.467. The van der Waals surface area contributed by atoms with E-state index in [0.29, 0.717) is 19.2 Å². The summed E-state index contributed by atoms with van der Waals surface area (Å²) in [5.74, 6) is 0.792. The zero-order valence-corrected chi connectivity index (χ0v) is 12.3. The van der Waals surface area contributed by atoms with Gasteiger partial charge in [0, 0.05) is 24.4 Å². The minimum absolute atomic E-state index is 0.359. The molecule has 0 fully saturated rings. The molecule has 0 aliphatic heterocycles. The number of ether oxygens (including phenoxy) is 1. The van der Waals surface area contributed by atoms with Crippen LogP contribution in [0.25, 0.3) is 0 Å². The molecule has 2 heterocycles. The lowest BCUT2D eigenvalue weighted by molar-refractivity contribution is 0.294. The Labute approximate surface area is 119 Å². The lowest BCUT2D eigenvalue weighted by Crippen LogP contribution is -2.08. The molecule has 0 radical (unpaired) electrons. The van der Waals surface area contributed by atoms with Gasteiger partial charge < -0.3 is 10.5 Å². The van der Waals surface area contributed by atoms with Crippen molar-refractivity contribution in [2.45, 2.75) is 39.8 Å². The third-order valence-corrected chi connectivity index (χ3v) is 3.02. The van der Waals surface area contributed by atoms with Gasteiger partial charge in [-0.2, -0.15) is 5.10 Å². The number of hydrogen-bond donors (Lipinski definition) is 1. The van der Waals surface area contributed by atoms with Crippen molar-refractivity contribution in [1.82, 2.24) is 14.8 Å². The third-order valence-electron chi connectivity index (χ3n) is 3.02. The number of nitrogens with two attached hydrogens (primary N) is 1. The summed E-state index contributed by atoms with van der Waals surface area (Å²) < 4.78 is 7.75. The number of hydrogen-bond acceptors (Lipinski definition) is 4. The topological polar surface area (TPSA) is 66.0 Å². The van der Waals surface area contributed by atoms with Crippen LogP contribution in [0.3, 0.4) is 0 Å². The summed E-state index contributed by atoms with van der Waals surface area (Å²) in [6.07, 6.45) is 2.69. The number of aromatic nitrogens is 3. The van der Waals surface area contributed by atoms with Crippen molar-refractivity contribution in [1.29, 1.82) is 0 Å². The van der Waals surface area contributed by atoms with E-state index in [9.17, 15) is 0 Å². The fourth-order valence-electron chi connectivity index (χ4n) is 1.94. The Bertz CT molecular complexity index is 563. The molecule has 5 nitrogen and oxygen atoms in total. The highest BCUT2D eigenvalue weighted by Crippen LogP contribution is 2.18. The van der Waals surface area contributed by atoms with Crippen LogP contribution in [0.1, 0.15) is 37.0 Å². The summed E-state index contributed by atoms with van der Waals surface area (Å²) in [7, 11) is 0. The van der Waals surface area contributed by atoms with Crippen LogP contribution in [0, 0.1) is 6.92 Å². The summed E-state index contributed by atoms with van der Waals surface area (Å²) in [6, 6.07) is 6.23. The van der Waals surface area contributed by atoms with E-state index < -0.39 is 0 Å². The molecule has 0 aliphatic carbocycles. The average molecular weight is 274 g/mol. The third kappa shape index (κ3) is 3.57. The van der Waals surface area contributed by atoms with Crippen LogP contribution >= 0.6 is 0 Å². The predicted molar refractivity (Wildman–Crippen MR) is 78.7 cm³/mol. The van der Waals surface area contributed by atoms with Crippen LogP contribution in [0.5, 0.6) is 5.75 Å². The van der Waals surface area contributed by atoms with Gasteiger partial charge in [-0.3, -0.25) is 9.67 Å². The molecule has 108 valence electrons. The van der Waals surface area contributed by atoms with Crippen molar-refractivity contribution in [3.63, 3.8) is 0 Å². The van der Waals surface area contributed by atoms with E-state index in [1.807, 2.05) is 36.0 Å². The van der Waals surface area contributed by atoms with Gasteiger partial charge in [-0.25, -0.2) is 0 Å². The van der Waals surface area contributed by atoms with E-state index in [-0.39, 0.29) is 0 Å². The van der Waals surface area contributed by atoms with E-state index >= 15 is 0 Å². The summed E-state index contributed by atoms with van der Waals surface area (Å²) in [4.78, 5) is 4.48. The van der Waals surface area contributed by atoms with Crippen molar-refractivity contribution < 1.29 is 4.74 Å². The van der Waals surface area contributed by atoms with Crippen molar-refractivity contribution in [3.8, 4) is 5.75 Å². The van der Waals surface area contributed by atoms with Crippen molar-refractivity contribution >= 4 is 0 Å². The second kappa shape index (κ2) is 6.52. The van der Waals surface area contributed by atoms with E-state index in [2.05, 4.69) is 23.9 Å². The van der Waals surface area contributed by atoms with Crippen molar-refractivity contribution in [2.24, 2.45) is 5.73 Å². The fourth-order valence-corrected chi connectivity index (χ4v) is 1.94. The second-order valence-electron chi connectivity index (χ2n) is 5.11. The maximum atomic E-state index is 5.83. The van der Waals surface area contributed by atoms with E-state index in [1.54, 1.807) is 0 Å². The highest BCUT2D eigenvalue weighted by molar-refractivity contribution is 5.29. The molecule has 0 unspecified atom stereocenters. The summed E-state index contributed by atoms with van der Waals surface area (Å²) >= 11 is 0. The number of aryl methyl sites for hydroxylation is 1. The predicted octanol–water partition coefficient (Wildman–Crippen LogP) is 2.25. The first-order valence-corrected chi connectivity index (χ1v) is 6.93. The Morgan fingerprint density at radius 2 is 2.10 bits per heavy atom.